The van der Waals surface area contributed by atoms with E-state index in [0.717, 1.165) is 16.3 Å². The molecule has 0 saturated carbocycles. The van der Waals surface area contributed by atoms with Crippen LogP contribution >= 0.6 is 23.1 Å². The van der Waals surface area contributed by atoms with Crippen molar-refractivity contribution >= 4 is 34.8 Å². The molecular weight excluding hydrogens is 330 g/mol. The molecule has 3 aromatic rings. The fraction of sp³-hybridized carbons (Fsp3) is 0.0625. The molecule has 7 heteroatoms. The fourth-order valence-electron chi connectivity index (χ4n) is 1.84. The van der Waals surface area contributed by atoms with Gasteiger partial charge in [-0.3, -0.25) is 4.79 Å². The Kier molecular flexibility index (Phi) is 4.89. The second kappa shape index (κ2) is 7.26. The molecule has 2 N–H and O–H groups in total. The molecule has 0 atom stereocenters. The SMILES string of the molecule is O=C(Nc1ncccc1O)c1ccc(SCc2cscn2)cc1. The van der Waals surface area contributed by atoms with Gasteiger partial charge in [0.05, 0.1) is 11.2 Å². The van der Waals surface area contributed by atoms with Gasteiger partial charge < -0.3 is 10.4 Å². The van der Waals surface area contributed by atoms with Crippen molar-refractivity contribution in [2.24, 2.45) is 0 Å². The van der Waals surface area contributed by atoms with Gasteiger partial charge in [-0.25, -0.2) is 9.97 Å². The second-order valence-electron chi connectivity index (χ2n) is 4.62. The maximum absolute atomic E-state index is 12.1. The number of benzene rings is 1. The molecule has 2 aromatic heterocycles. The number of nitrogens with zero attached hydrogens (tertiary/aromatic N) is 2. The summed E-state index contributed by atoms with van der Waals surface area (Å²) in [6, 6.07) is 10.4. The van der Waals surface area contributed by atoms with Crippen LogP contribution in [0.2, 0.25) is 0 Å². The lowest BCUT2D eigenvalue weighted by Crippen LogP contribution is -2.12. The molecule has 0 bridgehead atoms. The van der Waals surface area contributed by atoms with Crippen LogP contribution in [0, 0.1) is 0 Å². The molecule has 23 heavy (non-hydrogen) atoms. The van der Waals surface area contributed by atoms with E-state index in [0.29, 0.717) is 5.56 Å². The number of pyridine rings is 1. The summed E-state index contributed by atoms with van der Waals surface area (Å²) >= 11 is 3.24. The minimum absolute atomic E-state index is 0.0590. The zero-order valence-corrected chi connectivity index (χ0v) is 13.6. The van der Waals surface area contributed by atoms with Crippen LogP contribution in [0.4, 0.5) is 5.82 Å². The van der Waals surface area contributed by atoms with Gasteiger partial charge in [0.1, 0.15) is 0 Å². The molecule has 3 rings (SSSR count). The van der Waals surface area contributed by atoms with Crippen LogP contribution in [0.5, 0.6) is 5.75 Å². The molecule has 0 unspecified atom stereocenters. The number of carbonyl (C=O) groups excluding carboxylic acids is 1. The molecule has 1 aromatic carbocycles. The highest BCUT2D eigenvalue weighted by molar-refractivity contribution is 7.98. The molecule has 1 amide bonds. The van der Waals surface area contributed by atoms with Gasteiger partial charge in [-0.2, -0.15) is 0 Å². The first kappa shape index (κ1) is 15.5. The van der Waals surface area contributed by atoms with Crippen molar-refractivity contribution in [3.8, 4) is 5.75 Å². The zero-order valence-electron chi connectivity index (χ0n) is 12.0. The summed E-state index contributed by atoms with van der Waals surface area (Å²) in [4.78, 5) is 21.4. The van der Waals surface area contributed by atoms with Gasteiger partial charge in [-0.1, -0.05) is 0 Å². The molecule has 0 fully saturated rings. The number of nitrogens with one attached hydrogen (secondary N) is 1. The zero-order chi connectivity index (χ0) is 16.1. The summed E-state index contributed by atoms with van der Waals surface area (Å²) in [6.07, 6.45) is 1.51. The Hall–Kier alpha value is -2.38. The number of hydrogen-bond donors (Lipinski definition) is 2. The monoisotopic (exact) mass is 343 g/mol. The number of amides is 1. The summed E-state index contributed by atoms with van der Waals surface area (Å²) in [7, 11) is 0. The van der Waals surface area contributed by atoms with Crippen molar-refractivity contribution < 1.29 is 9.90 Å². The molecule has 0 aliphatic carbocycles. The minimum atomic E-state index is -0.310. The largest absolute Gasteiger partial charge is 0.504 e. The van der Waals surface area contributed by atoms with E-state index >= 15 is 0 Å². The van der Waals surface area contributed by atoms with E-state index in [2.05, 4.69) is 15.3 Å². The molecule has 0 saturated heterocycles. The smallest absolute Gasteiger partial charge is 0.256 e. The van der Waals surface area contributed by atoms with Crippen molar-refractivity contribution in [1.29, 1.82) is 0 Å². The van der Waals surface area contributed by atoms with Gasteiger partial charge in [-0.15, -0.1) is 23.1 Å². The quantitative estimate of drug-likeness (QED) is 0.690. The number of carbonyl (C=O) groups is 1. The number of rotatable bonds is 5. The number of thioether (sulfide) groups is 1. The van der Waals surface area contributed by atoms with E-state index in [1.807, 2.05) is 23.0 Å². The average molecular weight is 343 g/mol. The van der Waals surface area contributed by atoms with Crippen molar-refractivity contribution in [3.05, 3.63) is 64.7 Å². The maximum Gasteiger partial charge on any atom is 0.256 e. The molecule has 5 nitrogen and oxygen atoms in total. The molecule has 2 heterocycles. The molecule has 0 aliphatic rings. The minimum Gasteiger partial charge on any atom is -0.504 e. The molecule has 0 aliphatic heterocycles. The molecular formula is C16H13N3O2S2. The Bertz CT molecular complexity index is 789. The van der Waals surface area contributed by atoms with Crippen LogP contribution in [-0.2, 0) is 5.75 Å². The van der Waals surface area contributed by atoms with Crippen molar-refractivity contribution in [2.45, 2.75) is 10.6 Å². The first-order valence-corrected chi connectivity index (χ1v) is 8.70. The van der Waals surface area contributed by atoms with Gasteiger partial charge >= 0.3 is 0 Å². The fourth-order valence-corrected chi connectivity index (χ4v) is 3.31. The van der Waals surface area contributed by atoms with Gasteiger partial charge in [0.15, 0.2) is 11.6 Å². The number of aromatic hydroxyl groups is 1. The maximum atomic E-state index is 12.1. The van der Waals surface area contributed by atoms with Crippen LogP contribution in [0.3, 0.4) is 0 Å². The standard InChI is InChI=1S/C16H13N3O2S2/c20-14-2-1-7-17-15(14)19-16(21)11-3-5-13(6-4-11)23-9-12-8-22-10-18-12/h1-8,10,20H,9H2,(H,17,19,21). The first-order valence-electron chi connectivity index (χ1n) is 6.77. The van der Waals surface area contributed by atoms with E-state index in [9.17, 15) is 9.90 Å². The van der Waals surface area contributed by atoms with Gasteiger partial charge in [0, 0.05) is 27.8 Å². The van der Waals surface area contributed by atoms with Gasteiger partial charge in [-0.05, 0) is 36.4 Å². The van der Waals surface area contributed by atoms with Gasteiger partial charge in [0.25, 0.3) is 5.91 Å². The third kappa shape index (κ3) is 4.08. The highest BCUT2D eigenvalue weighted by Crippen LogP contribution is 2.24. The first-order chi connectivity index (χ1) is 11.2. The Morgan fingerprint density at radius 1 is 1.22 bits per heavy atom. The van der Waals surface area contributed by atoms with Gasteiger partial charge in [0.2, 0.25) is 0 Å². The summed E-state index contributed by atoms with van der Waals surface area (Å²) in [5.41, 5.74) is 3.37. The Morgan fingerprint density at radius 3 is 2.74 bits per heavy atom. The Balaban J connectivity index is 1.62. The predicted octanol–water partition coefficient (Wildman–Crippen LogP) is 3.79. The van der Waals surface area contributed by atoms with Crippen molar-refractivity contribution in [1.82, 2.24) is 9.97 Å². The highest BCUT2D eigenvalue weighted by Gasteiger charge is 2.09. The number of thiazole rings is 1. The Morgan fingerprint density at radius 2 is 2.04 bits per heavy atom. The number of anilines is 1. The average Bonchev–Trinajstić information content (AvgIpc) is 3.09. The predicted molar refractivity (Wildman–Crippen MR) is 92.0 cm³/mol. The lowest BCUT2D eigenvalue weighted by Gasteiger charge is -2.06. The van der Waals surface area contributed by atoms with E-state index in [1.54, 1.807) is 41.3 Å². The topological polar surface area (TPSA) is 75.1 Å². The van der Waals surface area contributed by atoms with Crippen LogP contribution in [0.25, 0.3) is 0 Å². The molecule has 0 radical (unpaired) electrons. The van der Waals surface area contributed by atoms with Crippen LogP contribution < -0.4 is 5.32 Å². The second-order valence-corrected chi connectivity index (χ2v) is 6.39. The Labute approximate surface area is 141 Å². The van der Waals surface area contributed by atoms with Crippen molar-refractivity contribution in [2.75, 3.05) is 5.32 Å². The van der Waals surface area contributed by atoms with E-state index in [1.165, 1.54) is 12.3 Å². The normalized spacial score (nSPS) is 10.4. The van der Waals surface area contributed by atoms with Crippen molar-refractivity contribution in [3.63, 3.8) is 0 Å². The van der Waals surface area contributed by atoms with Crippen LogP contribution in [0.15, 0.2) is 58.4 Å². The molecule has 0 spiro atoms. The summed E-state index contributed by atoms with van der Waals surface area (Å²) < 4.78 is 0. The molecule has 116 valence electrons. The number of aromatic nitrogens is 2. The van der Waals surface area contributed by atoms with E-state index in [4.69, 9.17) is 0 Å². The summed E-state index contributed by atoms with van der Waals surface area (Å²) in [5.74, 6) is 0.586. The third-order valence-electron chi connectivity index (χ3n) is 3.01. The number of hydrogen-bond acceptors (Lipinski definition) is 6. The van der Waals surface area contributed by atoms with Crippen LogP contribution in [-0.4, -0.2) is 21.0 Å². The third-order valence-corrected chi connectivity index (χ3v) is 4.69. The van der Waals surface area contributed by atoms with E-state index < -0.39 is 0 Å². The lowest BCUT2D eigenvalue weighted by molar-refractivity contribution is 0.102. The summed E-state index contributed by atoms with van der Waals surface area (Å²) in [5, 5.41) is 14.2. The highest BCUT2D eigenvalue weighted by atomic mass is 32.2. The van der Waals surface area contributed by atoms with Crippen LogP contribution in [0.1, 0.15) is 16.1 Å². The van der Waals surface area contributed by atoms with E-state index in [-0.39, 0.29) is 17.5 Å². The lowest BCUT2D eigenvalue weighted by atomic mass is 10.2. The summed E-state index contributed by atoms with van der Waals surface area (Å²) in [6.45, 7) is 0.